The van der Waals surface area contributed by atoms with Crippen LogP contribution in [0.25, 0.3) is 0 Å². The molecule has 0 radical (unpaired) electrons. The van der Waals surface area contributed by atoms with Gasteiger partial charge in [-0.05, 0) is 42.9 Å². The van der Waals surface area contributed by atoms with E-state index in [-0.39, 0.29) is 12.0 Å². The van der Waals surface area contributed by atoms with Crippen molar-refractivity contribution in [3.8, 4) is 0 Å². The van der Waals surface area contributed by atoms with Gasteiger partial charge in [0.2, 0.25) is 5.91 Å². The highest BCUT2D eigenvalue weighted by atomic mass is 16.2. The predicted octanol–water partition coefficient (Wildman–Crippen LogP) is 2.56. The summed E-state index contributed by atoms with van der Waals surface area (Å²) in [6.07, 6.45) is 4.50. The zero-order chi connectivity index (χ0) is 19.6. The number of rotatable bonds is 5. The summed E-state index contributed by atoms with van der Waals surface area (Å²) in [5.74, 6) is -2.09. The molecule has 2 atom stereocenters. The number of amides is 5. The number of urea groups is 1. The topological polar surface area (TPSA) is 86.8 Å². The maximum atomic E-state index is 12.7. The van der Waals surface area contributed by atoms with Crippen molar-refractivity contribution >= 4 is 29.4 Å². The number of nitrogens with zero attached hydrogens (tertiary/aromatic N) is 2. The third kappa shape index (κ3) is 3.86. The Balaban J connectivity index is 1.67. The molecule has 7 nitrogen and oxygen atoms in total. The number of aryl methyl sites for hydroxylation is 1. The van der Waals surface area contributed by atoms with E-state index in [4.69, 9.17) is 0 Å². The first-order chi connectivity index (χ1) is 12.9. The number of benzene rings is 1. The minimum atomic E-state index is -0.922. The molecule has 27 heavy (non-hydrogen) atoms. The van der Waals surface area contributed by atoms with E-state index in [9.17, 15) is 19.2 Å². The Hall–Kier alpha value is -2.70. The van der Waals surface area contributed by atoms with Gasteiger partial charge in [-0.1, -0.05) is 38.8 Å². The second kappa shape index (κ2) is 7.90. The molecular formula is C20H25N3O4. The first-order valence-electron chi connectivity index (χ1n) is 9.50. The molecule has 1 N–H and O–H groups in total. The highest BCUT2D eigenvalue weighted by Gasteiger charge is 2.49. The van der Waals surface area contributed by atoms with Crippen molar-refractivity contribution in [2.45, 2.75) is 52.0 Å². The number of carbonyl (C=O) groups is 4. The normalized spacial score (nSPS) is 23.1. The molecule has 1 saturated heterocycles. The molecule has 1 saturated carbocycles. The molecule has 5 amide bonds. The largest absolute Gasteiger partial charge is 0.334 e. The van der Waals surface area contributed by atoms with Crippen molar-refractivity contribution in [1.82, 2.24) is 9.80 Å². The first-order valence-corrected chi connectivity index (χ1v) is 9.50. The fourth-order valence-electron chi connectivity index (χ4n) is 3.80. The summed E-state index contributed by atoms with van der Waals surface area (Å²) < 4.78 is 0. The molecule has 1 aliphatic heterocycles. The van der Waals surface area contributed by atoms with Crippen LogP contribution in [-0.2, 0) is 20.8 Å². The average molecular weight is 371 g/mol. The molecule has 1 heterocycles. The van der Waals surface area contributed by atoms with E-state index in [0.717, 1.165) is 41.0 Å². The molecule has 1 aromatic rings. The second-order valence-corrected chi connectivity index (χ2v) is 7.28. The van der Waals surface area contributed by atoms with Crippen molar-refractivity contribution in [3.05, 3.63) is 29.8 Å². The molecule has 0 bridgehead atoms. The zero-order valence-corrected chi connectivity index (χ0v) is 15.7. The van der Waals surface area contributed by atoms with Crippen LogP contribution in [0, 0.1) is 5.92 Å². The Morgan fingerprint density at radius 3 is 2.37 bits per heavy atom. The van der Waals surface area contributed by atoms with Crippen LogP contribution in [-0.4, -0.2) is 46.1 Å². The van der Waals surface area contributed by atoms with Gasteiger partial charge < -0.3 is 5.32 Å². The van der Waals surface area contributed by atoms with Gasteiger partial charge in [0.05, 0.1) is 0 Å². The summed E-state index contributed by atoms with van der Waals surface area (Å²) in [5, 5.41) is 2.66. The van der Waals surface area contributed by atoms with Gasteiger partial charge in [0.25, 0.3) is 0 Å². The summed E-state index contributed by atoms with van der Waals surface area (Å²) in [5.41, 5.74) is 1.72. The van der Waals surface area contributed by atoms with Crippen LogP contribution in [0.3, 0.4) is 0 Å². The second-order valence-electron chi connectivity index (χ2n) is 7.28. The maximum Gasteiger partial charge on any atom is 0.334 e. The lowest BCUT2D eigenvalue weighted by atomic mass is 9.85. The number of carbonyl (C=O) groups excluding carboxylic acids is 4. The van der Waals surface area contributed by atoms with E-state index in [0.29, 0.717) is 12.1 Å². The Labute approximate surface area is 158 Å². The van der Waals surface area contributed by atoms with Gasteiger partial charge in [0.15, 0.2) is 0 Å². The van der Waals surface area contributed by atoms with Gasteiger partial charge >= 0.3 is 17.8 Å². The molecule has 2 fully saturated rings. The van der Waals surface area contributed by atoms with E-state index in [1.165, 1.54) is 0 Å². The first kappa shape index (κ1) is 19.1. The van der Waals surface area contributed by atoms with E-state index in [2.05, 4.69) is 5.32 Å². The van der Waals surface area contributed by atoms with E-state index in [1.807, 2.05) is 26.0 Å². The summed E-state index contributed by atoms with van der Waals surface area (Å²) in [6.45, 7) is 3.56. The third-order valence-corrected chi connectivity index (χ3v) is 5.43. The van der Waals surface area contributed by atoms with Crippen LogP contribution in [0.15, 0.2) is 24.3 Å². The third-order valence-electron chi connectivity index (χ3n) is 5.43. The van der Waals surface area contributed by atoms with Gasteiger partial charge in [-0.2, -0.15) is 0 Å². The maximum absolute atomic E-state index is 12.7. The molecule has 3 rings (SSSR count). The monoisotopic (exact) mass is 371 g/mol. The zero-order valence-electron chi connectivity index (χ0n) is 15.7. The smallest absolute Gasteiger partial charge is 0.325 e. The SMILES string of the molecule is CCc1ccc(NC(=O)CN2C(=O)C(=O)N(C3CCCCC3C)C2=O)cc1. The van der Waals surface area contributed by atoms with Gasteiger partial charge in [-0.25, -0.2) is 9.69 Å². The summed E-state index contributed by atoms with van der Waals surface area (Å²) in [7, 11) is 0. The summed E-state index contributed by atoms with van der Waals surface area (Å²) >= 11 is 0. The lowest BCUT2D eigenvalue weighted by Gasteiger charge is -2.34. The molecule has 144 valence electrons. The fraction of sp³-hybridized carbons (Fsp3) is 0.500. The molecule has 1 aromatic carbocycles. The van der Waals surface area contributed by atoms with Gasteiger partial charge in [0, 0.05) is 11.7 Å². The quantitative estimate of drug-likeness (QED) is 0.637. The van der Waals surface area contributed by atoms with Crippen molar-refractivity contribution in [3.63, 3.8) is 0 Å². The van der Waals surface area contributed by atoms with Crippen molar-refractivity contribution in [2.24, 2.45) is 5.92 Å². The Morgan fingerprint density at radius 1 is 1.07 bits per heavy atom. The Bertz CT molecular complexity index is 759. The lowest BCUT2D eigenvalue weighted by molar-refractivity contribution is -0.145. The standard InChI is InChI=1S/C20H25N3O4/c1-3-14-8-10-15(11-9-14)21-17(24)12-22-18(25)19(26)23(20(22)27)16-7-5-4-6-13(16)2/h8-11,13,16H,3-7,12H2,1-2H3,(H,21,24). The van der Waals surface area contributed by atoms with Gasteiger partial charge in [-0.15, -0.1) is 0 Å². The minimum Gasteiger partial charge on any atom is -0.325 e. The molecule has 0 spiro atoms. The lowest BCUT2D eigenvalue weighted by Crippen LogP contribution is -2.46. The van der Waals surface area contributed by atoms with Gasteiger partial charge in [-0.3, -0.25) is 19.3 Å². The van der Waals surface area contributed by atoms with Crippen LogP contribution < -0.4 is 5.32 Å². The van der Waals surface area contributed by atoms with E-state index in [1.54, 1.807) is 12.1 Å². The Kier molecular flexibility index (Phi) is 5.58. The van der Waals surface area contributed by atoms with Crippen LogP contribution in [0.5, 0.6) is 0 Å². The number of hydrogen-bond acceptors (Lipinski definition) is 4. The highest BCUT2D eigenvalue weighted by molar-refractivity contribution is 6.45. The molecule has 0 aromatic heterocycles. The van der Waals surface area contributed by atoms with Gasteiger partial charge in [0.1, 0.15) is 6.54 Å². The van der Waals surface area contributed by atoms with E-state index < -0.39 is 30.3 Å². The van der Waals surface area contributed by atoms with Crippen LogP contribution in [0.1, 0.15) is 45.1 Å². The highest BCUT2D eigenvalue weighted by Crippen LogP contribution is 2.31. The molecule has 7 heteroatoms. The van der Waals surface area contributed by atoms with Crippen LogP contribution >= 0.6 is 0 Å². The molecular weight excluding hydrogens is 346 g/mol. The number of nitrogens with one attached hydrogen (secondary N) is 1. The summed E-state index contributed by atoms with van der Waals surface area (Å²) in [6, 6.07) is 6.39. The van der Waals surface area contributed by atoms with Crippen LogP contribution in [0.2, 0.25) is 0 Å². The van der Waals surface area contributed by atoms with E-state index >= 15 is 0 Å². The molecule has 2 unspecified atom stereocenters. The van der Waals surface area contributed by atoms with Crippen molar-refractivity contribution in [2.75, 3.05) is 11.9 Å². The van der Waals surface area contributed by atoms with Crippen LogP contribution in [0.4, 0.5) is 10.5 Å². The minimum absolute atomic E-state index is 0.158. The number of hydrogen-bond donors (Lipinski definition) is 1. The average Bonchev–Trinajstić information content (AvgIpc) is 2.86. The van der Waals surface area contributed by atoms with Crippen molar-refractivity contribution < 1.29 is 19.2 Å². The number of anilines is 1. The fourth-order valence-corrected chi connectivity index (χ4v) is 3.80. The summed E-state index contributed by atoms with van der Waals surface area (Å²) in [4.78, 5) is 51.4. The molecule has 1 aliphatic carbocycles. The molecule has 2 aliphatic rings. The Morgan fingerprint density at radius 2 is 1.74 bits per heavy atom. The van der Waals surface area contributed by atoms with Crippen molar-refractivity contribution in [1.29, 1.82) is 0 Å². The predicted molar refractivity (Wildman–Crippen MR) is 99.8 cm³/mol. The number of imide groups is 2.